The first-order valence-electron chi connectivity index (χ1n) is 8.00. The summed E-state index contributed by atoms with van der Waals surface area (Å²) in [4.78, 5) is 27.7. The van der Waals surface area contributed by atoms with E-state index in [2.05, 4.69) is 16.4 Å². The molecule has 4 nitrogen and oxygen atoms in total. The van der Waals surface area contributed by atoms with Crippen LogP contribution >= 0.6 is 11.8 Å². The van der Waals surface area contributed by atoms with Gasteiger partial charge in [-0.05, 0) is 42.3 Å². The van der Waals surface area contributed by atoms with E-state index in [0.29, 0.717) is 11.3 Å². The summed E-state index contributed by atoms with van der Waals surface area (Å²) in [6.45, 7) is 2.04. The van der Waals surface area contributed by atoms with Crippen LogP contribution in [0.3, 0.4) is 0 Å². The molecule has 0 unspecified atom stereocenters. The van der Waals surface area contributed by atoms with Crippen LogP contribution in [0.4, 0.5) is 4.79 Å². The third-order valence-electron chi connectivity index (χ3n) is 4.27. The molecule has 2 heterocycles. The Morgan fingerprint density at radius 2 is 1.92 bits per heavy atom. The lowest BCUT2D eigenvalue weighted by molar-refractivity contribution is -0.115. The van der Waals surface area contributed by atoms with E-state index in [1.54, 1.807) is 0 Å². The molecule has 0 radical (unpaired) electrons. The third kappa shape index (κ3) is 2.98. The molecule has 4 rings (SSSR count). The molecule has 3 aromatic rings. The highest BCUT2D eigenvalue weighted by molar-refractivity contribution is 8.18. The van der Waals surface area contributed by atoms with Gasteiger partial charge in [-0.2, -0.15) is 0 Å². The van der Waals surface area contributed by atoms with Crippen LogP contribution in [0, 0.1) is 6.92 Å². The Kier molecular flexibility index (Phi) is 3.93. The summed E-state index contributed by atoms with van der Waals surface area (Å²) in [7, 11) is 0. The maximum atomic E-state index is 12.3. The number of imide groups is 1. The van der Waals surface area contributed by atoms with Gasteiger partial charge >= 0.3 is 0 Å². The van der Waals surface area contributed by atoms with Crippen LogP contribution in [0.1, 0.15) is 16.7 Å². The van der Waals surface area contributed by atoms with Crippen LogP contribution in [0.5, 0.6) is 0 Å². The maximum Gasteiger partial charge on any atom is 0.290 e. The number of aromatic amines is 1. The molecule has 0 spiro atoms. The first kappa shape index (κ1) is 15.7. The number of H-pyrrole nitrogens is 1. The van der Waals surface area contributed by atoms with Crippen molar-refractivity contribution < 1.29 is 9.59 Å². The van der Waals surface area contributed by atoms with Crippen LogP contribution < -0.4 is 5.32 Å². The van der Waals surface area contributed by atoms with Crippen molar-refractivity contribution in [1.29, 1.82) is 0 Å². The van der Waals surface area contributed by atoms with Crippen molar-refractivity contribution in [3.8, 4) is 0 Å². The highest BCUT2D eigenvalue weighted by Gasteiger charge is 2.29. The van der Waals surface area contributed by atoms with Gasteiger partial charge in [0.15, 0.2) is 0 Å². The Morgan fingerprint density at radius 1 is 1.08 bits per heavy atom. The lowest BCUT2D eigenvalue weighted by Gasteiger charge is -2.10. The zero-order valence-electron chi connectivity index (χ0n) is 13.6. The second-order valence-corrected chi connectivity index (χ2v) is 7.05. The van der Waals surface area contributed by atoms with E-state index in [0.717, 1.165) is 39.4 Å². The topological polar surface area (TPSA) is 62.0 Å². The fourth-order valence-electron chi connectivity index (χ4n) is 3.16. The number of fused-ring (bicyclic) bond motifs is 1. The quantitative estimate of drug-likeness (QED) is 0.689. The van der Waals surface area contributed by atoms with Gasteiger partial charge in [-0.15, -0.1) is 0 Å². The summed E-state index contributed by atoms with van der Waals surface area (Å²) < 4.78 is 0. The largest absolute Gasteiger partial charge is 0.361 e. The minimum atomic E-state index is -0.318. The standard InChI is InChI=1S/C20H16N2O2S/c1-12-5-4-6-13(9-12)10-15(18-19(23)22-20(24)25-18)16-11-21-17-8-3-2-7-14(16)17/h2-9,11,21H,10H2,1H3,(H,22,23,24). The van der Waals surface area contributed by atoms with E-state index in [1.165, 1.54) is 5.56 Å². The first-order valence-corrected chi connectivity index (χ1v) is 8.82. The molecule has 2 aromatic carbocycles. The number of carbonyl (C=O) groups excluding carboxylic acids is 2. The fraction of sp³-hybridized carbons (Fsp3) is 0.100. The summed E-state index contributed by atoms with van der Waals surface area (Å²) in [5.41, 5.74) is 5.12. The van der Waals surface area contributed by atoms with Gasteiger partial charge in [-0.25, -0.2) is 0 Å². The monoisotopic (exact) mass is 348 g/mol. The molecule has 0 atom stereocenters. The van der Waals surface area contributed by atoms with Crippen molar-refractivity contribution >= 4 is 39.4 Å². The Balaban J connectivity index is 1.89. The van der Waals surface area contributed by atoms with Gasteiger partial charge in [0.25, 0.3) is 11.1 Å². The number of benzene rings is 2. The second-order valence-electron chi connectivity index (χ2n) is 6.07. The molecule has 1 aliphatic rings. The van der Waals surface area contributed by atoms with Crippen LogP contribution in [-0.4, -0.2) is 16.1 Å². The normalized spacial score (nSPS) is 16.4. The molecular weight excluding hydrogens is 332 g/mol. The van der Waals surface area contributed by atoms with E-state index in [4.69, 9.17) is 0 Å². The number of carbonyl (C=O) groups is 2. The SMILES string of the molecule is Cc1cccc(CC(=C2SC(=O)NC2=O)c2c[nH]c3ccccc23)c1. The summed E-state index contributed by atoms with van der Waals surface area (Å²) in [5, 5.41) is 3.10. The average molecular weight is 348 g/mol. The number of para-hydroxylation sites is 1. The zero-order chi connectivity index (χ0) is 17.4. The minimum Gasteiger partial charge on any atom is -0.361 e. The highest BCUT2D eigenvalue weighted by Crippen LogP contribution is 2.36. The van der Waals surface area contributed by atoms with Gasteiger partial charge < -0.3 is 4.98 Å². The summed E-state index contributed by atoms with van der Waals surface area (Å²) >= 11 is 0.978. The smallest absolute Gasteiger partial charge is 0.290 e. The number of aromatic nitrogens is 1. The van der Waals surface area contributed by atoms with Gasteiger partial charge in [0.05, 0.1) is 4.91 Å². The lowest BCUT2D eigenvalue weighted by Crippen LogP contribution is -2.18. The molecule has 124 valence electrons. The number of amides is 2. The first-order chi connectivity index (χ1) is 12.1. The van der Waals surface area contributed by atoms with Gasteiger partial charge in [-0.1, -0.05) is 48.0 Å². The Bertz CT molecular complexity index is 1030. The van der Waals surface area contributed by atoms with Crippen LogP contribution in [0.2, 0.25) is 0 Å². The number of hydrogen-bond donors (Lipinski definition) is 2. The van der Waals surface area contributed by atoms with E-state index in [1.807, 2.05) is 55.6 Å². The highest BCUT2D eigenvalue weighted by atomic mass is 32.2. The van der Waals surface area contributed by atoms with Crippen LogP contribution in [0.15, 0.2) is 59.6 Å². The molecular formula is C20H16N2O2S. The van der Waals surface area contributed by atoms with E-state index in [9.17, 15) is 9.59 Å². The Labute approximate surface area is 149 Å². The molecule has 2 N–H and O–H groups in total. The van der Waals surface area contributed by atoms with Crippen molar-refractivity contribution in [3.05, 3.63) is 76.3 Å². The number of hydrogen-bond acceptors (Lipinski definition) is 3. The van der Waals surface area contributed by atoms with Crippen molar-refractivity contribution in [1.82, 2.24) is 10.3 Å². The van der Waals surface area contributed by atoms with Gasteiger partial charge in [0, 0.05) is 22.7 Å². The van der Waals surface area contributed by atoms with Gasteiger partial charge in [0.2, 0.25) is 0 Å². The number of aryl methyl sites for hydroxylation is 1. The van der Waals surface area contributed by atoms with Crippen LogP contribution in [0.25, 0.3) is 16.5 Å². The van der Waals surface area contributed by atoms with Gasteiger partial charge in [0.1, 0.15) is 0 Å². The summed E-state index contributed by atoms with van der Waals surface area (Å²) in [6.07, 6.45) is 2.51. The maximum absolute atomic E-state index is 12.3. The number of allylic oxidation sites excluding steroid dienone is 1. The summed E-state index contributed by atoms with van der Waals surface area (Å²) in [5.74, 6) is -0.317. The third-order valence-corrected chi connectivity index (χ3v) is 5.19. The minimum absolute atomic E-state index is 0.317. The molecule has 25 heavy (non-hydrogen) atoms. The number of rotatable bonds is 3. The van der Waals surface area contributed by atoms with Crippen molar-refractivity contribution in [2.75, 3.05) is 0 Å². The van der Waals surface area contributed by atoms with Crippen LogP contribution in [-0.2, 0) is 11.2 Å². The molecule has 5 heteroatoms. The fourth-order valence-corrected chi connectivity index (χ4v) is 3.94. The number of thioether (sulfide) groups is 1. The Morgan fingerprint density at radius 3 is 2.68 bits per heavy atom. The van der Waals surface area contributed by atoms with E-state index >= 15 is 0 Å². The van der Waals surface area contributed by atoms with Gasteiger partial charge in [-0.3, -0.25) is 14.9 Å². The molecule has 1 aliphatic heterocycles. The molecule has 0 aliphatic carbocycles. The Hall–Kier alpha value is -2.79. The molecule has 0 saturated carbocycles. The lowest BCUT2D eigenvalue weighted by atomic mass is 9.96. The van der Waals surface area contributed by atoms with Crippen molar-refractivity contribution in [2.24, 2.45) is 0 Å². The molecule has 1 saturated heterocycles. The van der Waals surface area contributed by atoms with Crippen molar-refractivity contribution in [2.45, 2.75) is 13.3 Å². The van der Waals surface area contributed by atoms with E-state index in [-0.39, 0.29) is 11.1 Å². The average Bonchev–Trinajstić information content (AvgIpc) is 3.16. The molecule has 0 bridgehead atoms. The number of nitrogens with one attached hydrogen (secondary N) is 2. The molecule has 1 aromatic heterocycles. The zero-order valence-corrected chi connectivity index (χ0v) is 14.4. The molecule has 1 fully saturated rings. The van der Waals surface area contributed by atoms with Crippen molar-refractivity contribution in [3.63, 3.8) is 0 Å². The van der Waals surface area contributed by atoms with E-state index < -0.39 is 0 Å². The predicted octanol–water partition coefficient (Wildman–Crippen LogP) is 4.41. The second kappa shape index (κ2) is 6.26. The predicted molar refractivity (Wildman–Crippen MR) is 101 cm³/mol. The summed E-state index contributed by atoms with van der Waals surface area (Å²) in [6, 6.07) is 16.2. The molecule has 2 amide bonds.